The molecule has 0 bridgehead atoms. The second-order valence-electron chi connectivity index (χ2n) is 5.42. The summed E-state index contributed by atoms with van der Waals surface area (Å²) in [7, 11) is -2.26. The highest BCUT2D eigenvalue weighted by Gasteiger charge is 2.16. The Morgan fingerprint density at radius 2 is 1.71 bits per heavy atom. The minimum atomic E-state index is -3.71. The molecule has 0 saturated carbocycles. The standard InChI is InChI=1S/C17H17F3N2O5S/c1-26-9-8-21-28(24,25)12-4-2-11(3-5-12)27-10-15(23)22-14-7-6-13(18)16(19)17(14)20/h2-7,21H,8-10H2,1H3,(H,22,23). The monoisotopic (exact) mass is 418 g/mol. The predicted molar refractivity (Wildman–Crippen MR) is 93.9 cm³/mol. The Morgan fingerprint density at radius 3 is 2.36 bits per heavy atom. The number of carbonyl (C=O) groups excluding carboxylic acids is 1. The molecule has 0 unspecified atom stereocenters. The van der Waals surface area contributed by atoms with E-state index in [1.807, 2.05) is 5.32 Å². The minimum Gasteiger partial charge on any atom is -0.484 e. The fraction of sp³-hybridized carbons (Fsp3) is 0.235. The van der Waals surface area contributed by atoms with Gasteiger partial charge in [-0.3, -0.25) is 4.79 Å². The van der Waals surface area contributed by atoms with Crippen molar-refractivity contribution in [3.8, 4) is 5.75 Å². The number of halogens is 3. The van der Waals surface area contributed by atoms with Gasteiger partial charge in [0.15, 0.2) is 24.1 Å². The molecule has 7 nitrogen and oxygen atoms in total. The van der Waals surface area contributed by atoms with E-state index in [1.165, 1.54) is 31.4 Å². The number of benzene rings is 2. The van der Waals surface area contributed by atoms with E-state index in [0.29, 0.717) is 6.07 Å². The molecule has 0 spiro atoms. The normalized spacial score (nSPS) is 11.3. The van der Waals surface area contributed by atoms with Gasteiger partial charge in [0, 0.05) is 13.7 Å². The molecular formula is C17H17F3N2O5S. The number of hydrogen-bond acceptors (Lipinski definition) is 5. The third kappa shape index (κ3) is 5.68. The van der Waals surface area contributed by atoms with Gasteiger partial charge in [0.1, 0.15) is 5.75 Å². The average molecular weight is 418 g/mol. The lowest BCUT2D eigenvalue weighted by Gasteiger charge is -2.10. The number of amides is 1. The van der Waals surface area contributed by atoms with Crippen molar-refractivity contribution >= 4 is 21.6 Å². The fourth-order valence-electron chi connectivity index (χ4n) is 2.03. The van der Waals surface area contributed by atoms with Gasteiger partial charge in [-0.1, -0.05) is 0 Å². The number of sulfonamides is 1. The first-order chi connectivity index (χ1) is 13.2. The van der Waals surface area contributed by atoms with Crippen LogP contribution in [0.4, 0.5) is 18.9 Å². The summed E-state index contributed by atoms with van der Waals surface area (Å²) in [5.74, 6) is -5.24. The number of methoxy groups -OCH3 is 1. The lowest BCUT2D eigenvalue weighted by Crippen LogP contribution is -2.27. The molecular weight excluding hydrogens is 401 g/mol. The smallest absolute Gasteiger partial charge is 0.262 e. The maximum Gasteiger partial charge on any atom is 0.262 e. The summed E-state index contributed by atoms with van der Waals surface area (Å²) >= 11 is 0. The molecule has 0 aliphatic rings. The topological polar surface area (TPSA) is 93.7 Å². The van der Waals surface area contributed by atoms with E-state index in [1.54, 1.807) is 0 Å². The molecule has 0 radical (unpaired) electrons. The van der Waals surface area contributed by atoms with Crippen molar-refractivity contribution in [1.29, 1.82) is 0 Å². The lowest BCUT2D eigenvalue weighted by atomic mass is 10.3. The fourth-order valence-corrected chi connectivity index (χ4v) is 3.05. The molecule has 0 aromatic heterocycles. The molecule has 2 rings (SSSR count). The van der Waals surface area contributed by atoms with Gasteiger partial charge in [0.05, 0.1) is 17.2 Å². The van der Waals surface area contributed by atoms with Gasteiger partial charge < -0.3 is 14.8 Å². The van der Waals surface area contributed by atoms with Gasteiger partial charge in [-0.15, -0.1) is 0 Å². The SMILES string of the molecule is COCCNS(=O)(=O)c1ccc(OCC(=O)Nc2ccc(F)c(F)c2F)cc1. The summed E-state index contributed by atoms with van der Waals surface area (Å²) in [4.78, 5) is 11.8. The van der Waals surface area contributed by atoms with Crippen LogP contribution in [-0.2, 0) is 19.6 Å². The van der Waals surface area contributed by atoms with Gasteiger partial charge in [-0.2, -0.15) is 0 Å². The van der Waals surface area contributed by atoms with E-state index >= 15 is 0 Å². The van der Waals surface area contributed by atoms with E-state index in [0.717, 1.165) is 6.07 Å². The first-order valence-corrected chi connectivity index (χ1v) is 9.37. The Hall–Kier alpha value is -2.63. The van der Waals surface area contributed by atoms with E-state index in [4.69, 9.17) is 9.47 Å². The second kappa shape index (κ2) is 9.53. The van der Waals surface area contributed by atoms with Gasteiger partial charge in [0.2, 0.25) is 10.0 Å². The van der Waals surface area contributed by atoms with Crippen LogP contribution >= 0.6 is 0 Å². The molecule has 0 fully saturated rings. The minimum absolute atomic E-state index is 0.00994. The Bertz CT molecular complexity index is 937. The van der Waals surface area contributed by atoms with Crippen LogP contribution in [0.1, 0.15) is 0 Å². The molecule has 0 atom stereocenters. The summed E-state index contributed by atoms with van der Waals surface area (Å²) in [5, 5.41) is 2.05. The Balaban J connectivity index is 1.92. The Morgan fingerprint density at radius 1 is 1.04 bits per heavy atom. The van der Waals surface area contributed by atoms with Crippen LogP contribution < -0.4 is 14.8 Å². The number of nitrogens with one attached hydrogen (secondary N) is 2. The van der Waals surface area contributed by atoms with Gasteiger partial charge in [-0.25, -0.2) is 26.3 Å². The van der Waals surface area contributed by atoms with Crippen LogP contribution in [0, 0.1) is 17.5 Å². The van der Waals surface area contributed by atoms with E-state index < -0.39 is 45.7 Å². The number of ether oxygens (including phenoxy) is 2. The van der Waals surface area contributed by atoms with Crippen molar-refractivity contribution in [2.45, 2.75) is 4.90 Å². The molecule has 28 heavy (non-hydrogen) atoms. The highest BCUT2D eigenvalue weighted by molar-refractivity contribution is 7.89. The largest absolute Gasteiger partial charge is 0.484 e. The van der Waals surface area contributed by atoms with Crippen LogP contribution in [-0.4, -0.2) is 41.2 Å². The summed E-state index contributed by atoms with van der Waals surface area (Å²) in [6, 6.07) is 6.76. The number of hydrogen-bond donors (Lipinski definition) is 2. The van der Waals surface area contributed by atoms with E-state index in [2.05, 4.69) is 4.72 Å². The maximum absolute atomic E-state index is 13.5. The first-order valence-electron chi connectivity index (χ1n) is 7.89. The first kappa shape index (κ1) is 21.7. The molecule has 152 valence electrons. The quantitative estimate of drug-likeness (QED) is 0.480. The summed E-state index contributed by atoms with van der Waals surface area (Å²) in [6.07, 6.45) is 0. The molecule has 11 heteroatoms. The van der Waals surface area contributed by atoms with Crippen molar-refractivity contribution in [2.24, 2.45) is 0 Å². The van der Waals surface area contributed by atoms with Crippen LogP contribution in [0.5, 0.6) is 5.75 Å². The lowest BCUT2D eigenvalue weighted by molar-refractivity contribution is -0.118. The molecule has 0 heterocycles. The molecule has 0 aliphatic heterocycles. The zero-order valence-corrected chi connectivity index (χ0v) is 15.5. The van der Waals surface area contributed by atoms with Crippen molar-refractivity contribution in [2.75, 3.05) is 32.2 Å². The van der Waals surface area contributed by atoms with Gasteiger partial charge in [0.25, 0.3) is 5.91 Å². The van der Waals surface area contributed by atoms with E-state index in [9.17, 15) is 26.4 Å². The predicted octanol–water partition coefficient (Wildman–Crippen LogP) is 2.05. The second-order valence-corrected chi connectivity index (χ2v) is 7.19. The van der Waals surface area contributed by atoms with Crippen molar-refractivity contribution in [3.63, 3.8) is 0 Å². The molecule has 1 amide bonds. The van der Waals surface area contributed by atoms with Crippen molar-refractivity contribution < 1.29 is 35.9 Å². The highest BCUT2D eigenvalue weighted by Crippen LogP contribution is 2.20. The highest BCUT2D eigenvalue weighted by atomic mass is 32.2. The Kier molecular flexibility index (Phi) is 7.38. The van der Waals surface area contributed by atoms with E-state index in [-0.39, 0.29) is 23.8 Å². The van der Waals surface area contributed by atoms with Crippen LogP contribution in [0.3, 0.4) is 0 Å². The third-order valence-corrected chi connectivity index (χ3v) is 4.89. The average Bonchev–Trinajstić information content (AvgIpc) is 2.67. The van der Waals surface area contributed by atoms with Crippen LogP contribution in [0.2, 0.25) is 0 Å². The number of rotatable bonds is 9. The van der Waals surface area contributed by atoms with Crippen molar-refractivity contribution in [3.05, 3.63) is 53.8 Å². The molecule has 0 aliphatic carbocycles. The molecule has 2 aromatic carbocycles. The Labute approximate surface area is 159 Å². The van der Waals surface area contributed by atoms with Gasteiger partial charge in [-0.05, 0) is 36.4 Å². The van der Waals surface area contributed by atoms with Gasteiger partial charge >= 0.3 is 0 Å². The maximum atomic E-state index is 13.5. The summed E-state index contributed by atoms with van der Waals surface area (Å²) in [5.41, 5.74) is -0.531. The van der Waals surface area contributed by atoms with Crippen LogP contribution in [0.15, 0.2) is 41.3 Å². The zero-order valence-electron chi connectivity index (χ0n) is 14.7. The molecule has 2 aromatic rings. The summed E-state index contributed by atoms with van der Waals surface area (Å²) in [6.45, 7) is -0.234. The third-order valence-electron chi connectivity index (χ3n) is 3.41. The molecule has 0 saturated heterocycles. The zero-order chi connectivity index (χ0) is 20.7. The summed E-state index contributed by atoms with van der Waals surface area (Å²) < 4.78 is 75.8. The molecule has 2 N–H and O–H groups in total. The van der Waals surface area contributed by atoms with Crippen LogP contribution in [0.25, 0.3) is 0 Å². The number of anilines is 1. The number of carbonyl (C=O) groups is 1. The van der Waals surface area contributed by atoms with Crippen molar-refractivity contribution in [1.82, 2.24) is 4.72 Å².